The Kier molecular flexibility index (Phi) is 7.07. The van der Waals surface area contributed by atoms with Gasteiger partial charge in [0.1, 0.15) is 5.54 Å². The fourth-order valence-electron chi connectivity index (χ4n) is 3.57. The van der Waals surface area contributed by atoms with E-state index in [-0.39, 0.29) is 18.2 Å². The van der Waals surface area contributed by atoms with E-state index in [0.717, 1.165) is 43.4 Å². The van der Waals surface area contributed by atoms with E-state index in [4.69, 9.17) is 16.1 Å². The molecule has 9 heteroatoms. The van der Waals surface area contributed by atoms with E-state index < -0.39 is 5.54 Å². The molecule has 1 aliphatic carbocycles. The van der Waals surface area contributed by atoms with Gasteiger partial charge in [-0.3, -0.25) is 9.59 Å². The molecule has 2 aromatic rings. The first-order valence-corrected chi connectivity index (χ1v) is 10.8. The molecule has 1 aliphatic rings. The molecule has 28 heavy (non-hydrogen) atoms. The van der Waals surface area contributed by atoms with Crippen molar-refractivity contribution in [3.05, 3.63) is 33.1 Å². The van der Waals surface area contributed by atoms with Gasteiger partial charge in [0.2, 0.25) is 17.7 Å². The molecule has 1 saturated carbocycles. The number of thiophene rings is 1. The molecule has 0 radical (unpaired) electrons. The molecule has 0 unspecified atom stereocenters. The zero-order valence-corrected chi connectivity index (χ0v) is 17.5. The summed E-state index contributed by atoms with van der Waals surface area (Å²) in [7, 11) is 0. The maximum atomic E-state index is 12.1. The van der Waals surface area contributed by atoms with Crippen molar-refractivity contribution in [3.8, 4) is 0 Å². The summed E-state index contributed by atoms with van der Waals surface area (Å²) in [5.41, 5.74) is -0.565. The number of carbonyl (C=O) groups excluding carboxylic acids is 2. The lowest BCUT2D eigenvalue weighted by atomic mass is 9.89. The number of rotatable bonds is 7. The van der Waals surface area contributed by atoms with Crippen LogP contribution in [0.1, 0.15) is 68.5 Å². The van der Waals surface area contributed by atoms with Gasteiger partial charge in [0.15, 0.2) is 5.82 Å². The van der Waals surface area contributed by atoms with Gasteiger partial charge < -0.3 is 15.2 Å². The number of aryl methyl sites for hydroxylation is 1. The van der Waals surface area contributed by atoms with Gasteiger partial charge in [-0.2, -0.15) is 4.98 Å². The van der Waals surface area contributed by atoms with Gasteiger partial charge >= 0.3 is 0 Å². The van der Waals surface area contributed by atoms with Crippen molar-refractivity contribution < 1.29 is 14.1 Å². The van der Waals surface area contributed by atoms with Gasteiger partial charge in [-0.1, -0.05) is 42.4 Å². The predicted molar refractivity (Wildman–Crippen MR) is 107 cm³/mol. The van der Waals surface area contributed by atoms with Gasteiger partial charge in [-0.25, -0.2) is 0 Å². The molecule has 0 bridgehead atoms. The van der Waals surface area contributed by atoms with Crippen molar-refractivity contribution >= 4 is 34.8 Å². The normalized spacial score (nSPS) is 16.4. The number of nitrogens with zero attached hydrogens (tertiary/aromatic N) is 2. The molecule has 0 aliphatic heterocycles. The molecule has 2 N–H and O–H groups in total. The average Bonchev–Trinajstić information content (AvgIpc) is 3.23. The molecular formula is C19H25ClN4O3S. The van der Waals surface area contributed by atoms with E-state index >= 15 is 0 Å². The highest BCUT2D eigenvalue weighted by Crippen LogP contribution is 2.34. The standard InChI is InChI=1S/C19H25ClN4O3S/c1-13(25)23-19(10-4-2-3-5-11-19)18-22-17(27-24-18)9-8-16(26)21-12-14-6-7-15(20)28-14/h6-7H,2-5,8-12H2,1H3,(H,21,26)(H,23,25). The Morgan fingerprint density at radius 2 is 2.00 bits per heavy atom. The number of hydrogen-bond acceptors (Lipinski definition) is 6. The van der Waals surface area contributed by atoms with Crippen molar-refractivity contribution in [2.24, 2.45) is 0 Å². The molecule has 1 fully saturated rings. The van der Waals surface area contributed by atoms with E-state index in [1.165, 1.54) is 18.3 Å². The fourth-order valence-corrected chi connectivity index (χ4v) is 4.59. The maximum absolute atomic E-state index is 12.1. The number of halogens is 1. The van der Waals surface area contributed by atoms with Crippen molar-refractivity contribution in [1.82, 2.24) is 20.8 Å². The lowest BCUT2D eigenvalue weighted by Gasteiger charge is -2.30. The van der Waals surface area contributed by atoms with Crippen molar-refractivity contribution in [2.45, 2.75) is 70.4 Å². The van der Waals surface area contributed by atoms with Gasteiger partial charge in [-0.15, -0.1) is 11.3 Å². The highest BCUT2D eigenvalue weighted by Gasteiger charge is 2.38. The van der Waals surface area contributed by atoms with Crippen LogP contribution in [0.4, 0.5) is 0 Å². The van der Waals surface area contributed by atoms with E-state index in [9.17, 15) is 9.59 Å². The molecular weight excluding hydrogens is 400 g/mol. The van der Waals surface area contributed by atoms with Crippen molar-refractivity contribution in [1.29, 1.82) is 0 Å². The summed E-state index contributed by atoms with van der Waals surface area (Å²) in [5.74, 6) is 0.753. The van der Waals surface area contributed by atoms with Crippen LogP contribution >= 0.6 is 22.9 Å². The van der Waals surface area contributed by atoms with Crippen LogP contribution in [0.15, 0.2) is 16.7 Å². The SMILES string of the molecule is CC(=O)NC1(c2noc(CCC(=O)NCc3ccc(Cl)s3)n2)CCCCCC1. The van der Waals surface area contributed by atoms with Crippen LogP contribution in [-0.4, -0.2) is 22.0 Å². The molecule has 7 nitrogen and oxygen atoms in total. The third-order valence-electron chi connectivity index (χ3n) is 4.92. The number of hydrogen-bond donors (Lipinski definition) is 2. The van der Waals surface area contributed by atoms with Gasteiger partial charge in [0, 0.05) is 24.6 Å². The summed E-state index contributed by atoms with van der Waals surface area (Å²) in [5, 5.41) is 10.1. The second kappa shape index (κ2) is 9.52. The second-order valence-corrected chi connectivity index (χ2v) is 8.97. The lowest BCUT2D eigenvalue weighted by Crippen LogP contribution is -2.45. The van der Waals surface area contributed by atoms with Crippen LogP contribution < -0.4 is 10.6 Å². The summed E-state index contributed by atoms with van der Waals surface area (Å²) in [4.78, 5) is 29.3. The fraction of sp³-hybridized carbons (Fsp3) is 0.579. The second-order valence-electron chi connectivity index (χ2n) is 7.17. The Balaban J connectivity index is 1.57. The number of aromatic nitrogens is 2. The van der Waals surface area contributed by atoms with Crippen LogP contribution in [0, 0.1) is 0 Å². The molecule has 0 atom stereocenters. The summed E-state index contributed by atoms with van der Waals surface area (Å²) in [6.07, 6.45) is 6.53. The summed E-state index contributed by atoms with van der Waals surface area (Å²) >= 11 is 7.33. The summed E-state index contributed by atoms with van der Waals surface area (Å²) in [6, 6.07) is 3.71. The van der Waals surface area contributed by atoms with E-state index in [0.29, 0.717) is 29.0 Å². The van der Waals surface area contributed by atoms with Crippen LogP contribution in [0.25, 0.3) is 0 Å². The Morgan fingerprint density at radius 1 is 1.25 bits per heavy atom. The minimum absolute atomic E-state index is 0.0877. The van der Waals surface area contributed by atoms with Crippen LogP contribution in [-0.2, 0) is 28.1 Å². The minimum Gasteiger partial charge on any atom is -0.351 e. The molecule has 2 aromatic heterocycles. The summed E-state index contributed by atoms with van der Waals surface area (Å²) < 4.78 is 6.08. The number of amides is 2. The van der Waals surface area contributed by atoms with Crippen molar-refractivity contribution in [2.75, 3.05) is 0 Å². The first kappa shape index (κ1) is 20.8. The molecule has 2 heterocycles. The number of carbonyl (C=O) groups is 2. The molecule has 2 amide bonds. The highest BCUT2D eigenvalue weighted by molar-refractivity contribution is 7.16. The lowest BCUT2D eigenvalue weighted by molar-refractivity contribution is -0.122. The molecule has 0 spiro atoms. The monoisotopic (exact) mass is 424 g/mol. The molecule has 0 saturated heterocycles. The zero-order valence-electron chi connectivity index (χ0n) is 15.9. The van der Waals surface area contributed by atoms with Gasteiger partial charge in [-0.05, 0) is 25.0 Å². The van der Waals surface area contributed by atoms with E-state index in [1.54, 1.807) is 0 Å². The Bertz CT molecular complexity index is 812. The van der Waals surface area contributed by atoms with Gasteiger partial charge in [0.05, 0.1) is 10.9 Å². The molecule has 3 rings (SSSR count). The first-order valence-electron chi connectivity index (χ1n) is 9.60. The van der Waals surface area contributed by atoms with Gasteiger partial charge in [0.25, 0.3) is 0 Å². The van der Waals surface area contributed by atoms with E-state index in [2.05, 4.69) is 20.8 Å². The number of nitrogens with one attached hydrogen (secondary N) is 2. The van der Waals surface area contributed by atoms with Crippen molar-refractivity contribution in [3.63, 3.8) is 0 Å². The zero-order chi connectivity index (χ0) is 20.0. The maximum Gasteiger partial charge on any atom is 0.227 e. The first-order chi connectivity index (χ1) is 13.5. The van der Waals surface area contributed by atoms with Crippen LogP contribution in [0.5, 0.6) is 0 Å². The molecule has 0 aromatic carbocycles. The Hall–Kier alpha value is -1.93. The van der Waals surface area contributed by atoms with Crippen LogP contribution in [0.3, 0.4) is 0 Å². The largest absolute Gasteiger partial charge is 0.351 e. The molecule has 152 valence electrons. The van der Waals surface area contributed by atoms with Crippen LogP contribution in [0.2, 0.25) is 4.34 Å². The highest BCUT2D eigenvalue weighted by atomic mass is 35.5. The summed E-state index contributed by atoms with van der Waals surface area (Å²) in [6.45, 7) is 1.97. The Morgan fingerprint density at radius 3 is 2.64 bits per heavy atom. The predicted octanol–water partition coefficient (Wildman–Crippen LogP) is 3.72. The third kappa shape index (κ3) is 5.54. The van der Waals surface area contributed by atoms with E-state index in [1.807, 2.05) is 12.1 Å². The third-order valence-corrected chi connectivity index (χ3v) is 6.15. The quantitative estimate of drug-likeness (QED) is 0.660. The minimum atomic E-state index is -0.565. The topological polar surface area (TPSA) is 97.1 Å². The smallest absolute Gasteiger partial charge is 0.227 e. The Labute approximate surface area is 173 Å². The average molecular weight is 425 g/mol.